The highest BCUT2D eigenvalue weighted by Crippen LogP contribution is 2.33. The second-order valence-electron chi connectivity index (χ2n) is 6.76. The molecule has 0 bridgehead atoms. The number of aromatic amines is 1. The molecule has 0 fully saturated rings. The number of H-pyrrole nitrogens is 1. The lowest BCUT2D eigenvalue weighted by Crippen LogP contribution is -2.33. The van der Waals surface area contributed by atoms with Gasteiger partial charge in [0.05, 0.1) is 25.7 Å². The summed E-state index contributed by atoms with van der Waals surface area (Å²) in [6.45, 7) is 0.569. The molecule has 1 aromatic heterocycles. The Kier molecular flexibility index (Phi) is 5.40. The van der Waals surface area contributed by atoms with Crippen molar-refractivity contribution in [3.63, 3.8) is 0 Å². The van der Waals surface area contributed by atoms with Crippen LogP contribution in [0.5, 0.6) is 17.2 Å². The lowest BCUT2D eigenvalue weighted by Gasteiger charge is -2.14. The first kappa shape index (κ1) is 20.1. The van der Waals surface area contributed by atoms with E-state index in [0.29, 0.717) is 34.8 Å². The van der Waals surface area contributed by atoms with Crippen LogP contribution in [0.4, 0.5) is 5.69 Å². The number of ether oxygens (including phenoxy) is 3. The number of pyridine rings is 1. The van der Waals surface area contributed by atoms with Crippen molar-refractivity contribution >= 4 is 11.8 Å². The molecule has 0 spiro atoms. The fourth-order valence-corrected chi connectivity index (χ4v) is 3.46. The molecule has 3 aromatic rings. The third kappa shape index (κ3) is 3.97. The molecule has 1 aliphatic heterocycles. The Hall–Kier alpha value is -4.14. The zero-order valence-electron chi connectivity index (χ0n) is 16.9. The van der Waals surface area contributed by atoms with E-state index >= 15 is 0 Å². The number of rotatable bonds is 7. The highest BCUT2D eigenvalue weighted by molar-refractivity contribution is 5.68. The standard InChI is InChI=1S/C22H19N3O6/c1-29-18-6-4-15(25(27)28)9-14(18)12-31-19-5-3-13(10-20(19)30-2)17-11-21(26)24-22-16(17)7-8-23-22/h3-7,9-11H,8,12H2,1-2H3,(H,23,24,26). The van der Waals surface area contributed by atoms with Gasteiger partial charge >= 0.3 is 0 Å². The number of nitro groups is 1. The van der Waals surface area contributed by atoms with Gasteiger partial charge in [-0.2, -0.15) is 0 Å². The largest absolute Gasteiger partial charge is 0.496 e. The van der Waals surface area contributed by atoms with Gasteiger partial charge in [0, 0.05) is 29.0 Å². The predicted octanol–water partition coefficient (Wildman–Crippen LogP) is 1.96. The van der Waals surface area contributed by atoms with Crippen LogP contribution in [0.15, 0.2) is 52.3 Å². The lowest BCUT2D eigenvalue weighted by atomic mass is 10.0. The number of fused-ring (bicyclic) bond motifs is 1. The fraction of sp³-hybridized carbons (Fsp3) is 0.182. The van der Waals surface area contributed by atoms with Crippen LogP contribution >= 0.6 is 0 Å². The second kappa shape index (κ2) is 8.31. The molecule has 2 heterocycles. The lowest BCUT2D eigenvalue weighted by molar-refractivity contribution is -0.385. The summed E-state index contributed by atoms with van der Waals surface area (Å²) in [5.74, 6) is 1.40. The molecule has 0 atom stereocenters. The molecule has 31 heavy (non-hydrogen) atoms. The first-order valence-corrected chi connectivity index (χ1v) is 9.40. The van der Waals surface area contributed by atoms with E-state index in [2.05, 4.69) is 9.98 Å². The van der Waals surface area contributed by atoms with Gasteiger partial charge in [-0.1, -0.05) is 12.1 Å². The Balaban J connectivity index is 1.66. The van der Waals surface area contributed by atoms with Crippen LogP contribution in [-0.2, 0) is 6.61 Å². The van der Waals surface area contributed by atoms with Crippen molar-refractivity contribution < 1.29 is 19.1 Å². The van der Waals surface area contributed by atoms with Crippen LogP contribution < -0.4 is 30.5 Å². The highest BCUT2D eigenvalue weighted by atomic mass is 16.6. The number of nitrogens with zero attached hydrogens (tertiary/aromatic N) is 2. The number of hydrogen-bond donors (Lipinski definition) is 1. The molecule has 9 heteroatoms. The Morgan fingerprint density at radius 2 is 1.84 bits per heavy atom. The summed E-state index contributed by atoms with van der Waals surface area (Å²) in [5, 5.41) is 11.9. The summed E-state index contributed by atoms with van der Waals surface area (Å²) < 4.78 is 16.6. The first-order chi connectivity index (χ1) is 15.0. The van der Waals surface area contributed by atoms with E-state index in [-0.39, 0.29) is 17.9 Å². The van der Waals surface area contributed by atoms with E-state index in [0.717, 1.165) is 16.3 Å². The number of aromatic nitrogens is 1. The van der Waals surface area contributed by atoms with Gasteiger partial charge in [-0.05, 0) is 29.3 Å². The topological polar surface area (TPSA) is 116 Å². The minimum atomic E-state index is -0.471. The second-order valence-corrected chi connectivity index (χ2v) is 6.76. The van der Waals surface area contributed by atoms with Crippen LogP contribution in [0.2, 0.25) is 0 Å². The predicted molar refractivity (Wildman–Crippen MR) is 113 cm³/mol. The van der Waals surface area contributed by atoms with Gasteiger partial charge in [0.25, 0.3) is 5.69 Å². The third-order valence-electron chi connectivity index (χ3n) is 4.94. The van der Waals surface area contributed by atoms with Gasteiger partial charge in [-0.25, -0.2) is 0 Å². The molecule has 9 nitrogen and oxygen atoms in total. The Morgan fingerprint density at radius 3 is 2.58 bits per heavy atom. The van der Waals surface area contributed by atoms with Crippen molar-refractivity contribution in [2.24, 2.45) is 4.99 Å². The molecule has 0 aliphatic carbocycles. The van der Waals surface area contributed by atoms with E-state index in [1.54, 1.807) is 12.1 Å². The number of non-ortho nitro benzene ring substituents is 1. The van der Waals surface area contributed by atoms with Gasteiger partial charge in [-0.15, -0.1) is 0 Å². The van der Waals surface area contributed by atoms with Crippen molar-refractivity contribution in [3.05, 3.63) is 79.2 Å². The maximum absolute atomic E-state index is 12.0. The summed E-state index contributed by atoms with van der Waals surface area (Å²) >= 11 is 0. The molecule has 1 N–H and O–H groups in total. The number of benzene rings is 2. The highest BCUT2D eigenvalue weighted by Gasteiger charge is 2.15. The monoisotopic (exact) mass is 421 g/mol. The van der Waals surface area contributed by atoms with Gasteiger partial charge < -0.3 is 19.2 Å². The summed E-state index contributed by atoms with van der Waals surface area (Å²) in [7, 11) is 3.01. The first-order valence-electron chi connectivity index (χ1n) is 9.40. The van der Waals surface area contributed by atoms with Crippen molar-refractivity contribution in [2.45, 2.75) is 6.61 Å². The number of nitro benzene ring substituents is 1. The van der Waals surface area contributed by atoms with E-state index < -0.39 is 4.92 Å². The van der Waals surface area contributed by atoms with Crippen LogP contribution in [0.25, 0.3) is 17.2 Å². The van der Waals surface area contributed by atoms with Crippen molar-refractivity contribution in [1.82, 2.24) is 4.98 Å². The van der Waals surface area contributed by atoms with Crippen molar-refractivity contribution in [1.29, 1.82) is 0 Å². The van der Waals surface area contributed by atoms with Gasteiger partial charge in [0.15, 0.2) is 11.5 Å². The molecule has 0 saturated heterocycles. The molecule has 4 rings (SSSR count). The Morgan fingerprint density at radius 1 is 1.06 bits per heavy atom. The van der Waals surface area contributed by atoms with Crippen LogP contribution in [-0.4, -0.2) is 30.7 Å². The van der Waals surface area contributed by atoms with E-state index in [9.17, 15) is 14.9 Å². The molecule has 2 aromatic carbocycles. The molecular formula is C22H19N3O6. The van der Waals surface area contributed by atoms with E-state index in [1.165, 1.54) is 38.5 Å². The summed E-state index contributed by atoms with van der Waals surface area (Å²) in [6.07, 6.45) is 1.95. The maximum Gasteiger partial charge on any atom is 0.270 e. The quantitative estimate of drug-likeness (QED) is 0.461. The molecule has 0 unspecified atom stereocenters. The van der Waals surface area contributed by atoms with Gasteiger partial charge in [-0.3, -0.25) is 19.9 Å². The van der Waals surface area contributed by atoms with Gasteiger partial charge in [0.2, 0.25) is 5.56 Å². The molecule has 0 saturated carbocycles. The van der Waals surface area contributed by atoms with E-state index in [4.69, 9.17) is 14.2 Å². The zero-order valence-corrected chi connectivity index (χ0v) is 16.9. The summed E-state index contributed by atoms with van der Waals surface area (Å²) in [6, 6.07) is 11.2. The Bertz CT molecular complexity index is 1350. The Labute approximate surface area is 176 Å². The van der Waals surface area contributed by atoms with Gasteiger partial charge in [0.1, 0.15) is 17.8 Å². The number of methoxy groups -OCH3 is 2. The smallest absolute Gasteiger partial charge is 0.270 e. The minimum Gasteiger partial charge on any atom is -0.496 e. The van der Waals surface area contributed by atoms with Crippen molar-refractivity contribution in [3.8, 4) is 28.4 Å². The normalized spacial score (nSPS) is 11.8. The van der Waals surface area contributed by atoms with E-state index in [1.807, 2.05) is 12.1 Å². The van der Waals surface area contributed by atoms with Crippen LogP contribution in [0, 0.1) is 10.1 Å². The summed E-state index contributed by atoms with van der Waals surface area (Å²) in [4.78, 5) is 29.6. The molecular weight excluding hydrogens is 402 g/mol. The third-order valence-corrected chi connectivity index (χ3v) is 4.94. The SMILES string of the molecule is COc1ccc([N+](=O)[O-])cc1COc1ccc(-c2cc(=O)[nH]c3c2=CCN=3)cc1OC. The zero-order chi connectivity index (χ0) is 22.0. The average Bonchev–Trinajstić information content (AvgIpc) is 3.25. The van der Waals surface area contributed by atoms with Crippen molar-refractivity contribution in [2.75, 3.05) is 20.8 Å². The number of nitrogens with one attached hydrogen (secondary N) is 1. The molecule has 1 aliphatic rings. The fourth-order valence-electron chi connectivity index (χ4n) is 3.46. The summed E-state index contributed by atoms with van der Waals surface area (Å²) in [5.41, 5.74) is 2.36. The molecule has 0 amide bonds. The minimum absolute atomic E-state index is 0.0492. The molecule has 0 radical (unpaired) electrons. The molecule has 158 valence electrons. The number of hydrogen-bond acceptors (Lipinski definition) is 7. The van der Waals surface area contributed by atoms with Crippen LogP contribution in [0.1, 0.15) is 5.56 Å². The van der Waals surface area contributed by atoms with Crippen LogP contribution in [0.3, 0.4) is 0 Å². The maximum atomic E-state index is 12.0. The average molecular weight is 421 g/mol.